The van der Waals surface area contributed by atoms with Crippen LogP contribution in [0.5, 0.6) is 0 Å². The van der Waals surface area contributed by atoms with Gasteiger partial charge in [0, 0.05) is 12.0 Å². The molecule has 2 aliphatic heterocycles. The molecular formula is C17H21NO3. The van der Waals surface area contributed by atoms with Crippen LogP contribution in [0.2, 0.25) is 0 Å². The Bertz CT molecular complexity index is 544. The molecule has 0 spiro atoms. The summed E-state index contributed by atoms with van der Waals surface area (Å²) in [6.45, 7) is 5.99. The van der Waals surface area contributed by atoms with Gasteiger partial charge in [-0.25, -0.2) is 4.79 Å². The second-order valence-corrected chi connectivity index (χ2v) is 5.62. The summed E-state index contributed by atoms with van der Waals surface area (Å²) in [5, 5.41) is 1.86. The molecule has 112 valence electrons. The van der Waals surface area contributed by atoms with E-state index in [1.54, 1.807) is 0 Å². The van der Waals surface area contributed by atoms with Crippen LogP contribution in [0.15, 0.2) is 43.0 Å². The van der Waals surface area contributed by atoms with E-state index in [4.69, 9.17) is 9.57 Å². The van der Waals surface area contributed by atoms with Crippen LogP contribution in [0.3, 0.4) is 0 Å². The molecule has 0 saturated carbocycles. The summed E-state index contributed by atoms with van der Waals surface area (Å²) in [5.41, 5.74) is 0.00432. The van der Waals surface area contributed by atoms with Crippen molar-refractivity contribution < 1.29 is 14.4 Å². The van der Waals surface area contributed by atoms with Gasteiger partial charge in [0.2, 0.25) is 0 Å². The average Bonchev–Trinajstić information content (AvgIpc) is 3.18. The predicted molar refractivity (Wildman–Crippen MR) is 79.1 cm³/mol. The average molecular weight is 287 g/mol. The zero-order valence-corrected chi connectivity index (χ0v) is 12.4. The fourth-order valence-electron chi connectivity index (χ4n) is 3.32. The number of nitrogens with zero attached hydrogens (tertiary/aromatic N) is 1. The summed E-state index contributed by atoms with van der Waals surface area (Å²) < 4.78 is 5.31. The molecule has 0 aliphatic carbocycles. The maximum absolute atomic E-state index is 12.5. The Morgan fingerprint density at radius 1 is 1.43 bits per heavy atom. The highest BCUT2D eigenvalue weighted by Crippen LogP contribution is 2.61. The predicted octanol–water partition coefficient (Wildman–Crippen LogP) is 3.15. The van der Waals surface area contributed by atoms with Gasteiger partial charge in [0.15, 0.2) is 5.72 Å². The van der Waals surface area contributed by atoms with E-state index >= 15 is 0 Å². The quantitative estimate of drug-likeness (QED) is 0.458. The summed E-state index contributed by atoms with van der Waals surface area (Å²) in [7, 11) is 0. The number of carbonyl (C=O) groups excluding carboxylic acids is 1. The van der Waals surface area contributed by atoms with Crippen molar-refractivity contribution in [2.24, 2.45) is 0 Å². The molecule has 0 aromatic heterocycles. The summed E-state index contributed by atoms with van der Waals surface area (Å²) in [4.78, 5) is 18.4. The lowest BCUT2D eigenvalue weighted by atomic mass is 9.91. The third-order valence-electron chi connectivity index (χ3n) is 4.45. The maximum atomic E-state index is 12.5. The molecule has 3 atom stereocenters. The first-order valence-electron chi connectivity index (χ1n) is 7.53. The van der Waals surface area contributed by atoms with Gasteiger partial charge < -0.3 is 4.74 Å². The number of hydrogen-bond acceptors (Lipinski definition) is 4. The van der Waals surface area contributed by atoms with Gasteiger partial charge in [-0.15, -0.1) is 11.6 Å². The van der Waals surface area contributed by atoms with E-state index in [0.717, 1.165) is 24.8 Å². The third kappa shape index (κ3) is 2.10. The second kappa shape index (κ2) is 5.28. The Morgan fingerprint density at radius 2 is 2.19 bits per heavy atom. The van der Waals surface area contributed by atoms with Crippen LogP contribution in [0, 0.1) is 0 Å². The minimum Gasteiger partial charge on any atom is -0.465 e. The molecule has 0 amide bonds. The molecule has 2 fully saturated rings. The van der Waals surface area contributed by atoms with Gasteiger partial charge in [0.25, 0.3) is 0 Å². The normalized spacial score (nSPS) is 33.3. The summed E-state index contributed by atoms with van der Waals surface area (Å²) in [6, 6.07) is 10.1. The molecule has 1 aromatic carbocycles. The zero-order chi connectivity index (χ0) is 14.9. The number of rotatable bonds is 6. The minimum absolute atomic E-state index is 0.179. The first-order chi connectivity index (χ1) is 10.2. The van der Waals surface area contributed by atoms with Crippen molar-refractivity contribution in [3.63, 3.8) is 0 Å². The number of esters is 1. The number of ether oxygens (including phenoxy) is 1. The van der Waals surface area contributed by atoms with Crippen LogP contribution < -0.4 is 0 Å². The van der Waals surface area contributed by atoms with E-state index in [1.807, 2.05) is 36.3 Å². The van der Waals surface area contributed by atoms with E-state index in [-0.39, 0.29) is 5.97 Å². The van der Waals surface area contributed by atoms with Crippen LogP contribution in [0.4, 0.5) is 0 Å². The molecule has 1 unspecified atom stereocenters. The Labute approximate surface area is 125 Å². The van der Waals surface area contributed by atoms with Crippen molar-refractivity contribution in [1.82, 2.24) is 5.06 Å². The van der Waals surface area contributed by atoms with E-state index in [0.29, 0.717) is 13.0 Å². The van der Waals surface area contributed by atoms with Crippen LogP contribution in [0.1, 0.15) is 38.2 Å². The molecule has 1 aromatic rings. The summed E-state index contributed by atoms with van der Waals surface area (Å²) in [5.74, 6) is -0.179. The van der Waals surface area contributed by atoms with Crippen molar-refractivity contribution in [2.75, 3.05) is 6.61 Å². The maximum Gasteiger partial charge on any atom is 0.329 e. The van der Waals surface area contributed by atoms with E-state index in [1.165, 1.54) is 0 Å². The standard InChI is InChI=1S/C17H21NO3/c1-3-5-11-16(15(19)20-4-2)12-13-17(18(16)21-17)14-9-7-6-8-10-14/h3,6-10H,1,4-5,11-13H2,2H3/t16-,17-,18?/m0/s1. The second-order valence-electron chi connectivity index (χ2n) is 5.62. The highest BCUT2D eigenvalue weighted by molar-refractivity contribution is 5.82. The molecule has 3 rings (SSSR count). The number of allylic oxidation sites excluding steroid dienone is 1. The fourth-order valence-corrected chi connectivity index (χ4v) is 3.32. The van der Waals surface area contributed by atoms with Crippen LogP contribution >= 0.6 is 0 Å². The van der Waals surface area contributed by atoms with Crippen LogP contribution in [0.25, 0.3) is 0 Å². The first kappa shape index (κ1) is 14.3. The molecule has 21 heavy (non-hydrogen) atoms. The lowest BCUT2D eigenvalue weighted by Gasteiger charge is -2.26. The topological polar surface area (TPSA) is 41.8 Å². The molecule has 2 saturated heterocycles. The smallest absolute Gasteiger partial charge is 0.329 e. The Hall–Kier alpha value is -1.65. The van der Waals surface area contributed by atoms with Gasteiger partial charge >= 0.3 is 5.97 Å². The lowest BCUT2D eigenvalue weighted by Crippen LogP contribution is -2.45. The molecule has 4 nitrogen and oxygen atoms in total. The SMILES string of the molecule is C=CCC[C@@]1(C(=O)OCC)CC[C@@]2(c3ccccc3)ON12. The summed E-state index contributed by atoms with van der Waals surface area (Å²) >= 11 is 0. The van der Waals surface area contributed by atoms with Crippen molar-refractivity contribution in [1.29, 1.82) is 0 Å². The highest BCUT2D eigenvalue weighted by atomic mass is 16.9. The third-order valence-corrected chi connectivity index (χ3v) is 4.45. The van der Waals surface area contributed by atoms with E-state index < -0.39 is 11.3 Å². The molecule has 0 bridgehead atoms. The fraction of sp³-hybridized carbons (Fsp3) is 0.471. The van der Waals surface area contributed by atoms with Crippen LogP contribution in [-0.4, -0.2) is 23.2 Å². The largest absolute Gasteiger partial charge is 0.465 e. The van der Waals surface area contributed by atoms with Gasteiger partial charge in [-0.2, -0.15) is 0 Å². The zero-order valence-electron chi connectivity index (χ0n) is 12.4. The van der Waals surface area contributed by atoms with Crippen molar-refractivity contribution in [3.8, 4) is 0 Å². The first-order valence-corrected chi connectivity index (χ1v) is 7.53. The van der Waals surface area contributed by atoms with Crippen molar-refractivity contribution in [3.05, 3.63) is 48.6 Å². The van der Waals surface area contributed by atoms with Gasteiger partial charge in [-0.3, -0.25) is 4.84 Å². The Morgan fingerprint density at radius 3 is 2.81 bits per heavy atom. The molecule has 4 heteroatoms. The van der Waals surface area contributed by atoms with Gasteiger partial charge in [-0.05, 0) is 26.2 Å². The molecule has 0 radical (unpaired) electrons. The van der Waals surface area contributed by atoms with Crippen molar-refractivity contribution >= 4 is 5.97 Å². The number of hydrogen-bond donors (Lipinski definition) is 0. The summed E-state index contributed by atoms with van der Waals surface area (Å²) in [6.07, 6.45) is 4.86. The number of benzene rings is 1. The lowest BCUT2D eigenvalue weighted by molar-refractivity contribution is -0.159. The van der Waals surface area contributed by atoms with Gasteiger partial charge in [0.1, 0.15) is 5.54 Å². The monoisotopic (exact) mass is 287 g/mol. The van der Waals surface area contributed by atoms with Crippen LogP contribution in [-0.2, 0) is 20.1 Å². The van der Waals surface area contributed by atoms with Gasteiger partial charge in [-0.1, -0.05) is 36.4 Å². The van der Waals surface area contributed by atoms with Gasteiger partial charge in [0.05, 0.1) is 6.61 Å². The number of fused-ring (bicyclic) bond motifs is 1. The molecule has 0 N–H and O–H groups in total. The number of hydroxylamine groups is 2. The highest BCUT2D eigenvalue weighted by Gasteiger charge is 2.73. The van der Waals surface area contributed by atoms with E-state index in [2.05, 4.69) is 18.7 Å². The molecular weight excluding hydrogens is 266 g/mol. The molecule has 2 heterocycles. The minimum atomic E-state index is -0.667. The van der Waals surface area contributed by atoms with E-state index in [9.17, 15) is 4.79 Å². The van der Waals surface area contributed by atoms with Crippen molar-refractivity contribution in [2.45, 2.75) is 43.9 Å². The Kier molecular flexibility index (Phi) is 3.59. The Balaban J connectivity index is 1.88. The number of carbonyl (C=O) groups is 1. The molecule has 2 aliphatic rings.